The highest BCUT2D eigenvalue weighted by Crippen LogP contribution is 2.29. The molecule has 0 unspecified atom stereocenters. The second-order valence-electron chi connectivity index (χ2n) is 5.81. The zero-order chi connectivity index (χ0) is 19.5. The first kappa shape index (κ1) is 18.4. The summed E-state index contributed by atoms with van der Waals surface area (Å²) in [6, 6.07) is 14.8. The van der Waals surface area contributed by atoms with Crippen LogP contribution in [-0.4, -0.2) is 18.3 Å². The van der Waals surface area contributed by atoms with Gasteiger partial charge in [-0.2, -0.15) is 5.10 Å². The molecule has 0 fully saturated rings. The van der Waals surface area contributed by atoms with E-state index in [0.29, 0.717) is 21.2 Å². The second kappa shape index (κ2) is 7.95. The van der Waals surface area contributed by atoms with Gasteiger partial charge in [-0.15, -0.1) is 0 Å². The first-order chi connectivity index (χ1) is 13.6. The van der Waals surface area contributed by atoms with Crippen LogP contribution in [0.3, 0.4) is 0 Å². The van der Waals surface area contributed by atoms with Gasteiger partial charge in [0.2, 0.25) is 5.13 Å². The molecule has 0 saturated heterocycles. The molecule has 0 aliphatic heterocycles. The highest BCUT2D eigenvalue weighted by atomic mass is 79.9. The van der Waals surface area contributed by atoms with Crippen molar-refractivity contribution in [3.8, 4) is 16.2 Å². The minimum atomic E-state index is -0.398. The highest BCUT2D eigenvalue weighted by molar-refractivity contribution is 9.10. The van der Waals surface area contributed by atoms with E-state index in [4.69, 9.17) is 9.15 Å². The van der Waals surface area contributed by atoms with E-state index in [-0.39, 0.29) is 0 Å². The van der Waals surface area contributed by atoms with Gasteiger partial charge in [-0.25, -0.2) is 9.78 Å². The molecule has 2 aromatic carbocycles. The maximum Gasteiger partial charge on any atom is 0.345 e. The molecule has 0 amide bonds. The standard InChI is InChI=1S/C20H14BrN3O3S/c1-26-15-4-2-3-12(7-15)10-23-24-20-22-11-18(28-20)16-9-13-8-14(21)5-6-17(13)27-19(16)25/h2-11H,1H3,(H,22,24)/b23-10-. The largest absolute Gasteiger partial charge is 0.497 e. The van der Waals surface area contributed by atoms with Crippen LogP contribution in [0.25, 0.3) is 21.4 Å². The molecule has 6 nitrogen and oxygen atoms in total. The summed E-state index contributed by atoms with van der Waals surface area (Å²) in [6.07, 6.45) is 3.30. The Bertz CT molecular complexity index is 1230. The van der Waals surface area contributed by atoms with Crippen LogP contribution in [0.1, 0.15) is 5.56 Å². The lowest BCUT2D eigenvalue weighted by atomic mass is 10.2. The quantitative estimate of drug-likeness (QED) is 0.256. The summed E-state index contributed by atoms with van der Waals surface area (Å²) in [7, 11) is 1.62. The number of thiazole rings is 1. The van der Waals surface area contributed by atoms with Crippen LogP contribution in [0.4, 0.5) is 5.13 Å². The topological polar surface area (TPSA) is 76.7 Å². The van der Waals surface area contributed by atoms with Gasteiger partial charge in [0.05, 0.1) is 23.8 Å². The Hall–Kier alpha value is -2.97. The Balaban J connectivity index is 1.56. The molecule has 0 atom stereocenters. The molecule has 1 N–H and O–H groups in total. The van der Waals surface area contributed by atoms with Gasteiger partial charge in [-0.3, -0.25) is 5.43 Å². The summed E-state index contributed by atoms with van der Waals surface area (Å²) in [5.74, 6) is 0.759. The van der Waals surface area contributed by atoms with E-state index in [1.807, 2.05) is 42.5 Å². The molecule has 4 rings (SSSR count). The van der Waals surface area contributed by atoms with Gasteiger partial charge < -0.3 is 9.15 Å². The molecule has 140 valence electrons. The average Bonchev–Trinajstić information content (AvgIpc) is 3.16. The fourth-order valence-corrected chi connectivity index (χ4v) is 3.75. The fourth-order valence-electron chi connectivity index (χ4n) is 2.60. The Morgan fingerprint density at radius 1 is 1.25 bits per heavy atom. The van der Waals surface area contributed by atoms with E-state index in [2.05, 4.69) is 31.4 Å². The zero-order valence-corrected chi connectivity index (χ0v) is 17.1. The molecule has 0 aliphatic carbocycles. The van der Waals surface area contributed by atoms with E-state index in [1.54, 1.807) is 25.6 Å². The molecule has 8 heteroatoms. The lowest BCUT2D eigenvalue weighted by Gasteiger charge is -2.00. The maximum atomic E-state index is 12.3. The predicted octanol–water partition coefficient (Wildman–Crippen LogP) is 5.13. The number of ether oxygens (including phenoxy) is 1. The third kappa shape index (κ3) is 3.97. The van der Waals surface area contributed by atoms with Gasteiger partial charge in [-0.05, 0) is 42.0 Å². The molecule has 2 aromatic heterocycles. The van der Waals surface area contributed by atoms with Gasteiger partial charge in [-0.1, -0.05) is 39.4 Å². The number of nitrogens with zero attached hydrogens (tertiary/aromatic N) is 2. The number of aromatic nitrogens is 1. The molecule has 0 spiro atoms. The third-order valence-electron chi connectivity index (χ3n) is 3.93. The number of halogens is 1. The van der Waals surface area contributed by atoms with Crippen molar-refractivity contribution in [3.05, 3.63) is 75.2 Å². The van der Waals surface area contributed by atoms with Crippen molar-refractivity contribution < 1.29 is 9.15 Å². The lowest BCUT2D eigenvalue weighted by molar-refractivity contribution is 0.415. The number of hydrogen-bond acceptors (Lipinski definition) is 7. The molecular weight excluding hydrogens is 442 g/mol. The number of fused-ring (bicyclic) bond motifs is 1. The first-order valence-electron chi connectivity index (χ1n) is 8.25. The third-order valence-corrected chi connectivity index (χ3v) is 5.36. The minimum absolute atomic E-state index is 0.398. The van der Waals surface area contributed by atoms with Crippen molar-refractivity contribution in [3.63, 3.8) is 0 Å². The number of rotatable bonds is 5. The Morgan fingerprint density at radius 2 is 2.14 bits per heavy atom. The first-order valence-corrected chi connectivity index (χ1v) is 9.86. The van der Waals surface area contributed by atoms with Crippen LogP contribution in [0, 0.1) is 0 Å². The van der Waals surface area contributed by atoms with Crippen molar-refractivity contribution in [2.75, 3.05) is 12.5 Å². The number of anilines is 1. The van der Waals surface area contributed by atoms with Crippen LogP contribution in [0.5, 0.6) is 5.75 Å². The van der Waals surface area contributed by atoms with E-state index in [9.17, 15) is 4.79 Å². The highest BCUT2D eigenvalue weighted by Gasteiger charge is 2.11. The normalized spacial score (nSPS) is 11.2. The van der Waals surface area contributed by atoms with Gasteiger partial charge in [0.25, 0.3) is 0 Å². The van der Waals surface area contributed by atoms with E-state index >= 15 is 0 Å². The number of benzene rings is 2. The summed E-state index contributed by atoms with van der Waals surface area (Å²) in [6.45, 7) is 0. The Morgan fingerprint density at radius 3 is 3.00 bits per heavy atom. The average molecular weight is 456 g/mol. The molecular formula is C20H14BrN3O3S. The van der Waals surface area contributed by atoms with E-state index in [1.165, 1.54) is 11.3 Å². The Labute approximate surface area is 172 Å². The minimum Gasteiger partial charge on any atom is -0.497 e. The molecule has 0 radical (unpaired) electrons. The maximum absolute atomic E-state index is 12.3. The molecule has 2 heterocycles. The molecule has 0 bridgehead atoms. The number of methoxy groups -OCH3 is 1. The van der Waals surface area contributed by atoms with Crippen LogP contribution in [0.2, 0.25) is 0 Å². The summed E-state index contributed by atoms with van der Waals surface area (Å²) >= 11 is 4.75. The lowest BCUT2D eigenvalue weighted by Crippen LogP contribution is -2.01. The smallest absolute Gasteiger partial charge is 0.345 e. The molecule has 0 saturated carbocycles. The fraction of sp³-hybridized carbons (Fsp3) is 0.0500. The van der Waals surface area contributed by atoms with Crippen LogP contribution >= 0.6 is 27.3 Å². The second-order valence-corrected chi connectivity index (χ2v) is 7.75. The summed E-state index contributed by atoms with van der Waals surface area (Å²) in [5.41, 5.74) is 4.39. The van der Waals surface area contributed by atoms with Crippen molar-refractivity contribution >= 4 is 49.6 Å². The monoisotopic (exact) mass is 455 g/mol. The van der Waals surface area contributed by atoms with Crippen molar-refractivity contribution in [1.29, 1.82) is 0 Å². The van der Waals surface area contributed by atoms with E-state index in [0.717, 1.165) is 21.2 Å². The van der Waals surface area contributed by atoms with Crippen LogP contribution in [0.15, 0.2) is 73.5 Å². The van der Waals surface area contributed by atoms with Gasteiger partial charge in [0.15, 0.2) is 0 Å². The van der Waals surface area contributed by atoms with Crippen LogP contribution < -0.4 is 15.8 Å². The van der Waals surface area contributed by atoms with Crippen molar-refractivity contribution in [2.24, 2.45) is 5.10 Å². The number of hydrogen-bond donors (Lipinski definition) is 1. The van der Waals surface area contributed by atoms with Gasteiger partial charge >= 0.3 is 5.63 Å². The predicted molar refractivity (Wildman–Crippen MR) is 116 cm³/mol. The summed E-state index contributed by atoms with van der Waals surface area (Å²) in [5, 5.41) is 5.60. The molecule has 4 aromatic rings. The zero-order valence-electron chi connectivity index (χ0n) is 14.7. The molecule has 0 aliphatic rings. The van der Waals surface area contributed by atoms with Gasteiger partial charge in [0.1, 0.15) is 11.3 Å². The van der Waals surface area contributed by atoms with Gasteiger partial charge in [0, 0.05) is 16.1 Å². The SMILES string of the molecule is COc1cccc(/C=N\Nc2ncc(-c3cc4cc(Br)ccc4oc3=O)s2)c1. The number of hydrazone groups is 1. The van der Waals surface area contributed by atoms with Crippen LogP contribution in [-0.2, 0) is 0 Å². The van der Waals surface area contributed by atoms with Crippen molar-refractivity contribution in [1.82, 2.24) is 4.98 Å². The Kier molecular flexibility index (Phi) is 5.23. The number of nitrogens with one attached hydrogen (secondary N) is 1. The van der Waals surface area contributed by atoms with E-state index < -0.39 is 5.63 Å². The summed E-state index contributed by atoms with van der Waals surface area (Å²) < 4.78 is 11.5. The molecule has 28 heavy (non-hydrogen) atoms. The van der Waals surface area contributed by atoms with Crippen molar-refractivity contribution in [2.45, 2.75) is 0 Å². The summed E-state index contributed by atoms with van der Waals surface area (Å²) in [4.78, 5) is 17.3.